The molecule has 4 rings (SSSR count). The lowest BCUT2D eigenvalue weighted by atomic mass is 9.94. The lowest BCUT2D eigenvalue weighted by Crippen LogP contribution is -1.91. The highest BCUT2D eigenvalue weighted by Crippen LogP contribution is 2.61. The molecule has 3 aromatic rings. The Morgan fingerprint density at radius 1 is 0.818 bits per heavy atom. The van der Waals surface area contributed by atoms with E-state index in [0.717, 1.165) is 33.9 Å². The molecule has 0 spiro atoms. The second kappa shape index (κ2) is 5.23. The first-order valence-corrected chi connectivity index (χ1v) is 7.51. The standard InChI is InChI=1S/C20H16O2/c1-2-21-17-13-16(14-9-5-3-6-10-14)18(20-19(17)22-20)15-11-7-4-8-12-15/h3-13H,2H2,1H3. The van der Waals surface area contributed by atoms with E-state index in [9.17, 15) is 0 Å². The predicted octanol–water partition coefficient (Wildman–Crippen LogP) is 5.53. The molecule has 0 aliphatic carbocycles. The van der Waals surface area contributed by atoms with Crippen LogP contribution in [0.4, 0.5) is 0 Å². The Hall–Kier alpha value is -2.74. The first kappa shape index (κ1) is 13.0. The lowest BCUT2D eigenvalue weighted by molar-refractivity contribution is 0.336. The van der Waals surface area contributed by atoms with Crippen molar-refractivity contribution in [1.29, 1.82) is 0 Å². The minimum absolute atomic E-state index is 0.634. The van der Waals surface area contributed by atoms with Gasteiger partial charge in [0.25, 0.3) is 0 Å². The van der Waals surface area contributed by atoms with Crippen LogP contribution < -0.4 is 9.47 Å². The number of hydrogen-bond acceptors (Lipinski definition) is 2. The molecule has 0 saturated heterocycles. The number of benzene rings is 3. The predicted molar refractivity (Wildman–Crippen MR) is 88.6 cm³/mol. The summed E-state index contributed by atoms with van der Waals surface area (Å²) in [5, 5.41) is 0. The molecule has 0 atom stereocenters. The summed E-state index contributed by atoms with van der Waals surface area (Å²) in [7, 11) is 0. The molecule has 1 aliphatic heterocycles. The molecule has 1 aliphatic rings. The van der Waals surface area contributed by atoms with Crippen molar-refractivity contribution >= 4 is 0 Å². The van der Waals surface area contributed by atoms with Crippen molar-refractivity contribution in [2.45, 2.75) is 6.92 Å². The van der Waals surface area contributed by atoms with E-state index in [1.165, 1.54) is 5.56 Å². The maximum Gasteiger partial charge on any atom is 0.212 e. The Bertz CT molecular complexity index is 808. The molecule has 108 valence electrons. The van der Waals surface area contributed by atoms with Gasteiger partial charge < -0.3 is 9.47 Å². The first-order valence-electron chi connectivity index (χ1n) is 7.51. The molecule has 0 saturated carbocycles. The summed E-state index contributed by atoms with van der Waals surface area (Å²) in [4.78, 5) is 0. The molecule has 2 nitrogen and oxygen atoms in total. The van der Waals surface area contributed by atoms with Crippen molar-refractivity contribution < 1.29 is 9.47 Å². The van der Waals surface area contributed by atoms with Gasteiger partial charge >= 0.3 is 0 Å². The van der Waals surface area contributed by atoms with Crippen LogP contribution in [0.1, 0.15) is 6.92 Å². The molecule has 3 aromatic carbocycles. The third-order valence-electron chi connectivity index (χ3n) is 3.81. The summed E-state index contributed by atoms with van der Waals surface area (Å²) in [5.41, 5.74) is 4.62. The van der Waals surface area contributed by atoms with Crippen molar-refractivity contribution in [3.8, 4) is 39.5 Å². The average molecular weight is 288 g/mol. The number of fused-ring (bicyclic) bond motifs is 1. The molecule has 2 heteroatoms. The van der Waals surface area contributed by atoms with Gasteiger partial charge in [-0.1, -0.05) is 60.7 Å². The number of hydrogen-bond donors (Lipinski definition) is 0. The molecule has 0 fully saturated rings. The summed E-state index contributed by atoms with van der Waals surface area (Å²) in [6.45, 7) is 2.62. The summed E-state index contributed by atoms with van der Waals surface area (Å²) in [6.07, 6.45) is 0. The van der Waals surface area contributed by atoms with Gasteiger partial charge in [-0.05, 0) is 29.7 Å². The highest BCUT2D eigenvalue weighted by molar-refractivity contribution is 5.95. The Kier molecular flexibility index (Phi) is 3.08. The van der Waals surface area contributed by atoms with Crippen LogP contribution >= 0.6 is 0 Å². The van der Waals surface area contributed by atoms with Gasteiger partial charge in [0.05, 0.1) is 6.61 Å². The van der Waals surface area contributed by atoms with E-state index < -0.39 is 0 Å². The Morgan fingerprint density at radius 3 is 2.09 bits per heavy atom. The summed E-state index contributed by atoms with van der Waals surface area (Å²) >= 11 is 0. The van der Waals surface area contributed by atoms with Gasteiger partial charge in [-0.15, -0.1) is 0 Å². The van der Waals surface area contributed by atoms with Crippen LogP contribution in [-0.2, 0) is 0 Å². The average Bonchev–Trinajstić information content (AvgIpc) is 3.37. The summed E-state index contributed by atoms with van der Waals surface area (Å²) in [6, 6.07) is 22.8. The van der Waals surface area contributed by atoms with E-state index in [1.54, 1.807) is 0 Å². The van der Waals surface area contributed by atoms with Gasteiger partial charge in [0.2, 0.25) is 5.75 Å². The third kappa shape index (κ3) is 2.13. The van der Waals surface area contributed by atoms with Crippen LogP contribution in [0, 0.1) is 0 Å². The molecular formula is C20H16O2. The van der Waals surface area contributed by atoms with E-state index in [4.69, 9.17) is 9.47 Å². The van der Waals surface area contributed by atoms with E-state index in [0.29, 0.717) is 6.61 Å². The van der Waals surface area contributed by atoms with Gasteiger partial charge in [-0.2, -0.15) is 0 Å². The molecular weight excluding hydrogens is 272 g/mol. The van der Waals surface area contributed by atoms with Crippen molar-refractivity contribution in [2.75, 3.05) is 6.61 Å². The number of rotatable bonds is 4. The minimum Gasteiger partial charge on any atom is -0.490 e. The van der Waals surface area contributed by atoms with Gasteiger partial charge in [0.15, 0.2) is 11.5 Å². The first-order chi connectivity index (χ1) is 10.9. The van der Waals surface area contributed by atoms with Crippen LogP contribution in [0.25, 0.3) is 22.3 Å². The maximum atomic E-state index is 5.74. The van der Waals surface area contributed by atoms with Crippen LogP contribution in [-0.4, -0.2) is 6.61 Å². The topological polar surface area (TPSA) is 21.8 Å². The highest BCUT2D eigenvalue weighted by Gasteiger charge is 2.33. The number of ether oxygens (including phenoxy) is 2. The third-order valence-corrected chi connectivity index (χ3v) is 3.81. The molecule has 0 N–H and O–H groups in total. The SMILES string of the molecule is CCOc1cc(-c2ccccc2)c(-c2ccccc2)c2c1O2. The van der Waals surface area contributed by atoms with Crippen LogP contribution in [0.3, 0.4) is 0 Å². The van der Waals surface area contributed by atoms with E-state index in [-0.39, 0.29) is 0 Å². The molecule has 0 bridgehead atoms. The second-order valence-corrected chi connectivity index (χ2v) is 5.22. The lowest BCUT2D eigenvalue weighted by Gasteiger charge is -2.10. The van der Waals surface area contributed by atoms with Crippen molar-refractivity contribution in [3.63, 3.8) is 0 Å². The zero-order valence-corrected chi connectivity index (χ0v) is 12.4. The zero-order valence-electron chi connectivity index (χ0n) is 12.4. The smallest absolute Gasteiger partial charge is 0.212 e. The Balaban J connectivity index is 1.95. The van der Waals surface area contributed by atoms with Crippen molar-refractivity contribution in [2.24, 2.45) is 0 Å². The molecule has 0 radical (unpaired) electrons. The van der Waals surface area contributed by atoms with E-state index in [2.05, 4.69) is 54.6 Å². The fourth-order valence-electron chi connectivity index (χ4n) is 2.79. The molecule has 0 aromatic heterocycles. The van der Waals surface area contributed by atoms with Crippen molar-refractivity contribution in [1.82, 2.24) is 0 Å². The normalized spacial score (nSPS) is 11.5. The van der Waals surface area contributed by atoms with Crippen LogP contribution in [0.2, 0.25) is 0 Å². The van der Waals surface area contributed by atoms with E-state index >= 15 is 0 Å². The largest absolute Gasteiger partial charge is 0.490 e. The fourth-order valence-corrected chi connectivity index (χ4v) is 2.79. The van der Waals surface area contributed by atoms with Crippen LogP contribution in [0.5, 0.6) is 17.2 Å². The van der Waals surface area contributed by atoms with Gasteiger partial charge in [0, 0.05) is 5.56 Å². The van der Waals surface area contributed by atoms with Crippen LogP contribution in [0.15, 0.2) is 66.7 Å². The zero-order chi connectivity index (χ0) is 14.9. The van der Waals surface area contributed by atoms with Gasteiger partial charge in [0.1, 0.15) is 0 Å². The minimum atomic E-state index is 0.634. The summed E-state index contributed by atoms with van der Waals surface area (Å²) < 4.78 is 11.5. The van der Waals surface area contributed by atoms with Gasteiger partial charge in [-0.3, -0.25) is 0 Å². The molecule has 22 heavy (non-hydrogen) atoms. The Labute approximate surface area is 129 Å². The van der Waals surface area contributed by atoms with Gasteiger partial charge in [-0.25, -0.2) is 0 Å². The van der Waals surface area contributed by atoms with E-state index in [1.807, 2.05) is 19.1 Å². The Morgan fingerprint density at radius 2 is 1.45 bits per heavy atom. The monoisotopic (exact) mass is 288 g/mol. The highest BCUT2D eigenvalue weighted by atomic mass is 16.6. The summed E-state index contributed by atoms with van der Waals surface area (Å²) in [5.74, 6) is 2.65. The molecule has 1 heterocycles. The molecule has 0 unspecified atom stereocenters. The quantitative estimate of drug-likeness (QED) is 0.461. The second-order valence-electron chi connectivity index (χ2n) is 5.22. The maximum absolute atomic E-state index is 5.74. The molecule has 0 amide bonds. The fraction of sp³-hybridized carbons (Fsp3) is 0.100. The van der Waals surface area contributed by atoms with Crippen molar-refractivity contribution in [3.05, 3.63) is 66.7 Å².